The Labute approximate surface area is 105 Å². The van der Waals surface area contributed by atoms with Gasteiger partial charge < -0.3 is 4.74 Å². The number of hydrogen-bond acceptors (Lipinski definition) is 2. The minimum Gasteiger partial charge on any atom is -0.372 e. The van der Waals surface area contributed by atoms with Crippen molar-refractivity contribution in [3.8, 4) is 6.07 Å². The average molecular weight is 241 g/mol. The topological polar surface area (TPSA) is 33.0 Å². The predicted molar refractivity (Wildman–Crippen MR) is 66.1 cm³/mol. The van der Waals surface area contributed by atoms with Crippen molar-refractivity contribution in [2.75, 3.05) is 0 Å². The Bertz CT molecular complexity index is 560. The van der Waals surface area contributed by atoms with Gasteiger partial charge in [0, 0.05) is 5.56 Å². The molecule has 0 aliphatic rings. The van der Waals surface area contributed by atoms with Crippen molar-refractivity contribution in [2.24, 2.45) is 0 Å². The van der Waals surface area contributed by atoms with Crippen LogP contribution >= 0.6 is 0 Å². The van der Waals surface area contributed by atoms with E-state index < -0.39 is 5.82 Å². The highest BCUT2D eigenvalue weighted by Gasteiger charge is 2.07. The van der Waals surface area contributed by atoms with Crippen LogP contribution in [0.15, 0.2) is 48.5 Å². The molecule has 0 heterocycles. The van der Waals surface area contributed by atoms with E-state index in [0.717, 1.165) is 5.56 Å². The Morgan fingerprint density at radius 2 is 1.78 bits per heavy atom. The number of halogens is 1. The van der Waals surface area contributed by atoms with E-state index in [1.54, 1.807) is 12.1 Å². The summed E-state index contributed by atoms with van der Waals surface area (Å²) in [5, 5.41) is 8.72. The minimum atomic E-state index is -0.493. The van der Waals surface area contributed by atoms with Gasteiger partial charge in [-0.1, -0.05) is 42.5 Å². The van der Waals surface area contributed by atoms with Crippen LogP contribution in [0.4, 0.5) is 4.39 Å². The first kappa shape index (κ1) is 12.3. The summed E-state index contributed by atoms with van der Waals surface area (Å²) in [6.45, 7) is 0.591. The molecule has 90 valence electrons. The quantitative estimate of drug-likeness (QED) is 0.821. The van der Waals surface area contributed by atoms with Crippen molar-refractivity contribution in [1.29, 1.82) is 5.26 Å². The first-order valence-corrected chi connectivity index (χ1v) is 5.60. The van der Waals surface area contributed by atoms with Gasteiger partial charge in [-0.25, -0.2) is 4.39 Å². The molecule has 0 saturated carbocycles. The van der Waals surface area contributed by atoms with Gasteiger partial charge in [0.15, 0.2) is 0 Å². The van der Waals surface area contributed by atoms with Crippen molar-refractivity contribution >= 4 is 0 Å². The van der Waals surface area contributed by atoms with Crippen LogP contribution in [0, 0.1) is 17.1 Å². The van der Waals surface area contributed by atoms with E-state index in [-0.39, 0.29) is 12.2 Å². The monoisotopic (exact) mass is 241 g/mol. The maximum Gasteiger partial charge on any atom is 0.146 e. The van der Waals surface area contributed by atoms with Gasteiger partial charge >= 0.3 is 0 Å². The Hall–Kier alpha value is -2.18. The predicted octanol–water partition coefficient (Wildman–Crippen LogP) is 3.41. The van der Waals surface area contributed by atoms with Gasteiger partial charge in [-0.2, -0.15) is 5.26 Å². The maximum absolute atomic E-state index is 13.7. The highest BCUT2D eigenvalue weighted by molar-refractivity contribution is 5.34. The molecule has 0 spiro atoms. The number of nitriles is 1. The number of benzene rings is 2. The van der Waals surface area contributed by atoms with Gasteiger partial charge in [0.25, 0.3) is 0 Å². The van der Waals surface area contributed by atoms with Gasteiger partial charge in [0.05, 0.1) is 18.8 Å². The van der Waals surface area contributed by atoms with Crippen LogP contribution < -0.4 is 0 Å². The summed E-state index contributed by atoms with van der Waals surface area (Å²) < 4.78 is 19.1. The van der Waals surface area contributed by atoms with E-state index in [1.807, 2.05) is 36.4 Å². The molecule has 0 atom stereocenters. The molecule has 0 radical (unpaired) electrons. The van der Waals surface area contributed by atoms with Crippen molar-refractivity contribution in [2.45, 2.75) is 13.2 Å². The second-order valence-electron chi connectivity index (χ2n) is 3.87. The van der Waals surface area contributed by atoms with Crippen LogP contribution in [0.1, 0.15) is 16.7 Å². The van der Waals surface area contributed by atoms with E-state index in [0.29, 0.717) is 12.2 Å². The molecule has 0 saturated heterocycles. The molecule has 0 amide bonds. The first-order chi connectivity index (χ1) is 8.81. The van der Waals surface area contributed by atoms with Crippen LogP contribution in [0.2, 0.25) is 0 Å². The Balaban J connectivity index is 1.97. The molecular formula is C15H12FNO. The lowest BCUT2D eigenvalue weighted by molar-refractivity contribution is 0.105. The molecule has 0 aromatic heterocycles. The van der Waals surface area contributed by atoms with Crippen LogP contribution in [0.3, 0.4) is 0 Å². The van der Waals surface area contributed by atoms with Gasteiger partial charge in [0.2, 0.25) is 0 Å². The van der Waals surface area contributed by atoms with Crippen molar-refractivity contribution in [1.82, 2.24) is 0 Å². The maximum atomic E-state index is 13.7. The van der Waals surface area contributed by atoms with Crippen LogP contribution in [-0.2, 0) is 18.0 Å². The molecule has 0 N–H and O–H groups in total. The molecule has 0 aliphatic heterocycles. The number of rotatable bonds is 4. The summed E-state index contributed by atoms with van der Waals surface area (Å²) in [7, 11) is 0. The first-order valence-electron chi connectivity index (χ1n) is 5.60. The summed E-state index contributed by atoms with van der Waals surface area (Å²) in [5.41, 5.74) is 1.50. The Kier molecular flexibility index (Phi) is 4.06. The smallest absolute Gasteiger partial charge is 0.146 e. The molecule has 18 heavy (non-hydrogen) atoms. The van der Waals surface area contributed by atoms with E-state index in [2.05, 4.69) is 0 Å². The van der Waals surface area contributed by atoms with Crippen molar-refractivity contribution in [3.05, 3.63) is 71.0 Å². The van der Waals surface area contributed by atoms with Gasteiger partial charge in [-0.05, 0) is 11.6 Å². The molecular weight excluding hydrogens is 229 g/mol. The van der Waals surface area contributed by atoms with E-state index in [4.69, 9.17) is 10.00 Å². The SMILES string of the molecule is N#Cc1cccc(COCc2ccccc2)c1F. The number of nitrogens with zero attached hydrogens (tertiary/aromatic N) is 1. The highest BCUT2D eigenvalue weighted by atomic mass is 19.1. The largest absolute Gasteiger partial charge is 0.372 e. The average Bonchev–Trinajstić information content (AvgIpc) is 2.42. The zero-order valence-electron chi connectivity index (χ0n) is 9.77. The van der Waals surface area contributed by atoms with Crippen LogP contribution in [0.5, 0.6) is 0 Å². The summed E-state index contributed by atoms with van der Waals surface area (Å²) in [6.07, 6.45) is 0. The van der Waals surface area contributed by atoms with Crippen molar-refractivity contribution in [3.63, 3.8) is 0 Å². The third-order valence-electron chi connectivity index (χ3n) is 2.57. The molecule has 3 heteroatoms. The lowest BCUT2D eigenvalue weighted by Crippen LogP contribution is -1.98. The van der Waals surface area contributed by atoms with Gasteiger partial charge in [-0.15, -0.1) is 0 Å². The molecule has 2 aromatic carbocycles. The number of ether oxygens (including phenoxy) is 1. The zero-order chi connectivity index (χ0) is 12.8. The molecule has 0 aliphatic carbocycles. The standard InChI is InChI=1S/C15H12FNO/c16-15-13(9-17)7-4-8-14(15)11-18-10-12-5-2-1-3-6-12/h1-8H,10-11H2. The summed E-state index contributed by atoms with van der Waals surface area (Å²) in [5.74, 6) is -0.493. The lowest BCUT2D eigenvalue weighted by atomic mass is 10.1. The fraction of sp³-hybridized carbons (Fsp3) is 0.133. The van der Waals surface area contributed by atoms with Gasteiger partial charge in [-0.3, -0.25) is 0 Å². The van der Waals surface area contributed by atoms with Crippen LogP contribution in [-0.4, -0.2) is 0 Å². The Morgan fingerprint density at radius 1 is 1.00 bits per heavy atom. The molecule has 2 aromatic rings. The highest BCUT2D eigenvalue weighted by Crippen LogP contribution is 2.14. The molecule has 2 nitrogen and oxygen atoms in total. The van der Waals surface area contributed by atoms with E-state index in [9.17, 15) is 4.39 Å². The van der Waals surface area contributed by atoms with E-state index >= 15 is 0 Å². The summed E-state index contributed by atoms with van der Waals surface area (Å²) in [6, 6.07) is 16.2. The lowest BCUT2D eigenvalue weighted by Gasteiger charge is -2.06. The van der Waals surface area contributed by atoms with Crippen LogP contribution in [0.25, 0.3) is 0 Å². The van der Waals surface area contributed by atoms with Gasteiger partial charge in [0.1, 0.15) is 11.9 Å². The zero-order valence-corrected chi connectivity index (χ0v) is 9.77. The second kappa shape index (κ2) is 5.95. The molecule has 0 unspecified atom stereocenters. The summed E-state index contributed by atoms with van der Waals surface area (Å²) >= 11 is 0. The normalized spacial score (nSPS) is 10.0. The molecule has 0 bridgehead atoms. The molecule has 0 fully saturated rings. The fourth-order valence-corrected chi connectivity index (χ4v) is 1.63. The van der Waals surface area contributed by atoms with Crippen molar-refractivity contribution < 1.29 is 9.13 Å². The third-order valence-corrected chi connectivity index (χ3v) is 2.57. The number of hydrogen-bond donors (Lipinski definition) is 0. The summed E-state index contributed by atoms with van der Waals surface area (Å²) in [4.78, 5) is 0. The molecule has 2 rings (SSSR count). The second-order valence-corrected chi connectivity index (χ2v) is 3.87. The fourth-order valence-electron chi connectivity index (χ4n) is 1.63. The third kappa shape index (κ3) is 2.93. The minimum absolute atomic E-state index is 0.0517. The van der Waals surface area contributed by atoms with E-state index in [1.165, 1.54) is 6.07 Å². The Morgan fingerprint density at radius 3 is 2.50 bits per heavy atom.